The van der Waals surface area contributed by atoms with Gasteiger partial charge < -0.3 is 14.2 Å². The van der Waals surface area contributed by atoms with E-state index in [-0.39, 0.29) is 34.8 Å². The Hall–Kier alpha value is -5.64. The van der Waals surface area contributed by atoms with Crippen LogP contribution in [0, 0.1) is 30.6 Å². The van der Waals surface area contributed by atoms with E-state index in [1.807, 2.05) is 54.9 Å². The van der Waals surface area contributed by atoms with Crippen molar-refractivity contribution in [1.82, 2.24) is 19.8 Å². The smallest absolute Gasteiger partial charge is 0.198 e. The number of benzene rings is 4. The molecule has 6 saturated heterocycles. The number of ether oxygens (including phenoxy) is 3. The van der Waals surface area contributed by atoms with E-state index in [4.69, 9.17) is 24.2 Å². The molecule has 1 aliphatic carbocycles. The molecule has 5 unspecified atom stereocenters. The van der Waals surface area contributed by atoms with Gasteiger partial charge in [0, 0.05) is 58.5 Å². The Morgan fingerprint density at radius 2 is 1.16 bits per heavy atom. The van der Waals surface area contributed by atoms with E-state index in [2.05, 4.69) is 60.9 Å². The molecule has 0 radical (unpaired) electrons. The second kappa shape index (κ2) is 16.2. The van der Waals surface area contributed by atoms with Gasteiger partial charge in [0.25, 0.3) is 0 Å². The molecule has 0 amide bonds. The average Bonchev–Trinajstić information content (AvgIpc) is 3.33. The standard InChI is InChI=1S/C54H56N4O5/c1-5-32-29-57-23-19-34(32)26-45(57)53(39-17-21-55-43-13-11-31(3)25-41(39)43)62-47-15-16-48(50-49(47)51(59)37-9-7-8-10-38(37)52(50)60)63-54(46-27-35-20-24-58(46)30-33(35)6-2)40-18-22-56-44-14-12-36(61-4)28-42(40)44/h7-18,21-22,25,28,32-35,45-46,53-54H,5-6,19-20,23-24,26-27,29-30H2,1-4H3/t32?,33?,34?,35-,45+,46+,53-,54-/m1/s1. The molecule has 322 valence electrons. The number of nitrogens with zero attached hydrogens (tertiary/aromatic N) is 4. The van der Waals surface area contributed by atoms with Crippen LogP contribution in [-0.2, 0) is 0 Å². The molecule has 6 aromatic rings. The first kappa shape index (κ1) is 40.2. The number of methoxy groups -OCH3 is 1. The van der Waals surface area contributed by atoms with Gasteiger partial charge in [-0.1, -0.05) is 62.6 Å². The molecule has 2 aromatic heterocycles. The van der Waals surface area contributed by atoms with E-state index in [0.29, 0.717) is 46.3 Å². The fourth-order valence-corrected chi connectivity index (χ4v) is 12.3. The van der Waals surface area contributed by atoms with Crippen molar-refractivity contribution >= 4 is 33.4 Å². The van der Waals surface area contributed by atoms with Crippen LogP contribution in [0.4, 0.5) is 0 Å². The highest BCUT2D eigenvalue weighted by atomic mass is 16.5. The first-order valence-corrected chi connectivity index (χ1v) is 23.3. The monoisotopic (exact) mass is 840 g/mol. The van der Waals surface area contributed by atoms with Crippen LogP contribution in [0.25, 0.3) is 21.8 Å². The Bertz CT molecular complexity index is 2770. The summed E-state index contributed by atoms with van der Waals surface area (Å²) in [5.74, 6) is 3.56. The van der Waals surface area contributed by atoms with E-state index in [1.165, 1.54) is 12.8 Å². The molecule has 0 saturated carbocycles. The number of hydrogen-bond donors (Lipinski definition) is 0. The van der Waals surface area contributed by atoms with Crippen molar-refractivity contribution in [1.29, 1.82) is 0 Å². The van der Waals surface area contributed by atoms with Crippen LogP contribution < -0.4 is 14.2 Å². The lowest BCUT2D eigenvalue weighted by Crippen LogP contribution is -2.56. The first-order chi connectivity index (χ1) is 30.8. The highest BCUT2D eigenvalue weighted by molar-refractivity contribution is 6.30. The molecule has 10 atom stereocenters. The topological polar surface area (TPSA) is 94.1 Å². The van der Waals surface area contributed by atoms with Crippen molar-refractivity contribution in [3.05, 3.63) is 136 Å². The molecule has 4 bridgehead atoms. The first-order valence-electron chi connectivity index (χ1n) is 23.3. The van der Waals surface area contributed by atoms with Crippen LogP contribution >= 0.6 is 0 Å². The molecular weight excluding hydrogens is 785 g/mol. The van der Waals surface area contributed by atoms with E-state index < -0.39 is 12.2 Å². The maximum atomic E-state index is 15.1. The summed E-state index contributed by atoms with van der Waals surface area (Å²) in [6, 6.07) is 27.6. The third-order valence-electron chi connectivity index (χ3n) is 15.7. The normalized spacial score (nSPS) is 26.9. The van der Waals surface area contributed by atoms with Gasteiger partial charge in [-0.05, 0) is 124 Å². The summed E-state index contributed by atoms with van der Waals surface area (Å²) in [6.45, 7) is 10.8. The number of carbonyl (C=O) groups is 2. The lowest BCUT2D eigenvalue weighted by atomic mass is 9.72. The van der Waals surface area contributed by atoms with Crippen LogP contribution in [0.1, 0.15) is 113 Å². The second-order valence-electron chi connectivity index (χ2n) is 18.8. The van der Waals surface area contributed by atoms with Gasteiger partial charge in [-0.3, -0.25) is 29.4 Å². The molecule has 0 spiro atoms. The summed E-state index contributed by atoms with van der Waals surface area (Å²) in [5, 5.41) is 1.99. The molecule has 63 heavy (non-hydrogen) atoms. The van der Waals surface area contributed by atoms with Gasteiger partial charge in [0.15, 0.2) is 11.6 Å². The third-order valence-corrected chi connectivity index (χ3v) is 15.7. The molecule has 4 aromatic carbocycles. The van der Waals surface area contributed by atoms with Gasteiger partial charge in [0.2, 0.25) is 0 Å². The number of aryl methyl sites for hydroxylation is 1. The molecule has 6 aliphatic heterocycles. The molecule has 0 N–H and O–H groups in total. The molecule has 7 aliphatic rings. The highest BCUT2D eigenvalue weighted by Crippen LogP contribution is 2.49. The summed E-state index contributed by atoms with van der Waals surface area (Å²) in [5.41, 5.74) is 6.24. The summed E-state index contributed by atoms with van der Waals surface area (Å²) in [6.07, 6.45) is 9.49. The minimum absolute atomic E-state index is 0.0483. The predicted molar refractivity (Wildman–Crippen MR) is 245 cm³/mol. The molecule has 6 fully saturated rings. The lowest BCUT2D eigenvalue weighted by molar-refractivity contribution is -0.0493. The molecule has 9 heteroatoms. The summed E-state index contributed by atoms with van der Waals surface area (Å²) in [7, 11) is 1.68. The quantitative estimate of drug-likeness (QED) is 0.126. The fourth-order valence-electron chi connectivity index (χ4n) is 12.3. The number of pyridine rings is 2. The van der Waals surface area contributed by atoms with Crippen LogP contribution in [0.3, 0.4) is 0 Å². The van der Waals surface area contributed by atoms with Crippen molar-refractivity contribution in [2.75, 3.05) is 33.3 Å². The zero-order chi connectivity index (χ0) is 42.9. The number of fused-ring (bicyclic) bond motifs is 10. The van der Waals surface area contributed by atoms with Crippen LogP contribution in [-0.4, -0.2) is 76.7 Å². The fraction of sp³-hybridized carbons (Fsp3) is 0.407. The number of carbonyl (C=O) groups excluding carboxylic acids is 2. The number of hydrogen-bond acceptors (Lipinski definition) is 9. The van der Waals surface area contributed by atoms with Gasteiger partial charge in [0.1, 0.15) is 29.5 Å². The van der Waals surface area contributed by atoms with Crippen LogP contribution in [0.2, 0.25) is 0 Å². The predicted octanol–water partition coefficient (Wildman–Crippen LogP) is 10.4. The van der Waals surface area contributed by atoms with Gasteiger partial charge in [0.05, 0.1) is 41.4 Å². The third kappa shape index (κ3) is 6.81. The Morgan fingerprint density at radius 1 is 0.651 bits per heavy atom. The van der Waals surface area contributed by atoms with Crippen LogP contribution in [0.5, 0.6) is 17.2 Å². The second-order valence-corrected chi connectivity index (χ2v) is 18.8. The number of aromatic nitrogens is 2. The number of piperidine rings is 6. The average molecular weight is 841 g/mol. The van der Waals surface area contributed by atoms with Crippen molar-refractivity contribution in [2.24, 2.45) is 23.7 Å². The largest absolute Gasteiger partial charge is 0.497 e. The van der Waals surface area contributed by atoms with Gasteiger partial charge >= 0.3 is 0 Å². The molecule has 8 heterocycles. The van der Waals surface area contributed by atoms with Crippen LogP contribution in [0.15, 0.2) is 97.3 Å². The Kier molecular flexibility index (Phi) is 10.3. The van der Waals surface area contributed by atoms with Gasteiger partial charge in [-0.15, -0.1) is 0 Å². The Balaban J connectivity index is 1.07. The maximum absolute atomic E-state index is 15.1. The SMILES string of the molecule is CCC1CN2CCC1C[C@H]2[C@H](Oc1ccc(O[C@H](c2ccnc3ccc(OC)cc23)[C@@H]2C[C@H]3CCN2CC3CC)c2c1C(=O)c1ccccc1C2=O)c1ccnc2ccc(C)cc12. The van der Waals surface area contributed by atoms with E-state index in [0.717, 1.165) is 96.1 Å². The number of rotatable bonds is 11. The van der Waals surface area contributed by atoms with E-state index in [9.17, 15) is 0 Å². The van der Waals surface area contributed by atoms with E-state index >= 15 is 9.59 Å². The van der Waals surface area contributed by atoms with Crippen molar-refractivity contribution < 1.29 is 23.8 Å². The summed E-state index contributed by atoms with van der Waals surface area (Å²) in [4.78, 5) is 45.0. The van der Waals surface area contributed by atoms with Gasteiger partial charge in [-0.2, -0.15) is 0 Å². The number of ketones is 2. The van der Waals surface area contributed by atoms with Crippen molar-refractivity contribution in [3.8, 4) is 17.2 Å². The minimum Gasteiger partial charge on any atom is -0.497 e. The Labute approximate surface area is 369 Å². The molecule has 9 nitrogen and oxygen atoms in total. The molecular formula is C54H56N4O5. The van der Waals surface area contributed by atoms with Crippen molar-refractivity contribution in [2.45, 2.75) is 83.6 Å². The molecule has 13 rings (SSSR count). The summed E-state index contributed by atoms with van der Waals surface area (Å²) >= 11 is 0. The highest BCUT2D eigenvalue weighted by Gasteiger charge is 2.47. The van der Waals surface area contributed by atoms with E-state index in [1.54, 1.807) is 19.2 Å². The maximum Gasteiger partial charge on any atom is 0.198 e. The zero-order valence-corrected chi connectivity index (χ0v) is 36.8. The van der Waals surface area contributed by atoms with Gasteiger partial charge in [-0.25, -0.2) is 0 Å². The zero-order valence-electron chi connectivity index (χ0n) is 36.8. The minimum atomic E-state index is -0.463. The van der Waals surface area contributed by atoms with Crippen molar-refractivity contribution in [3.63, 3.8) is 0 Å². The lowest BCUT2D eigenvalue weighted by Gasteiger charge is -2.52. The Morgan fingerprint density at radius 3 is 1.63 bits per heavy atom. The summed E-state index contributed by atoms with van der Waals surface area (Å²) < 4.78 is 20.6.